The van der Waals surface area contributed by atoms with Crippen molar-refractivity contribution in [2.45, 2.75) is 6.04 Å². The van der Waals surface area contributed by atoms with E-state index in [1.165, 1.54) is 0 Å². The van der Waals surface area contributed by atoms with Crippen molar-refractivity contribution in [2.24, 2.45) is 4.99 Å². The van der Waals surface area contributed by atoms with Crippen LogP contribution in [0.4, 0.5) is 0 Å². The average Bonchev–Trinajstić information content (AvgIpc) is 2.47. The van der Waals surface area contributed by atoms with Gasteiger partial charge in [0.1, 0.15) is 11.9 Å². The normalized spacial score (nSPS) is 27.0. The maximum absolute atomic E-state index is 8.70. The Bertz CT molecular complexity index is 260. The van der Waals surface area contributed by atoms with Crippen molar-refractivity contribution in [3.63, 3.8) is 0 Å². The van der Waals surface area contributed by atoms with Gasteiger partial charge in [-0.05, 0) is 0 Å². The summed E-state index contributed by atoms with van der Waals surface area (Å²) in [5.41, 5.74) is 0. The minimum Gasteiger partial charge on any atom is -0.367 e. The molecule has 2 rings (SSSR count). The van der Waals surface area contributed by atoms with Gasteiger partial charge in [0.05, 0.1) is 25.4 Å². The molecular weight excluding hydrogens is 140 g/mol. The molecule has 0 spiro atoms. The van der Waals surface area contributed by atoms with E-state index in [9.17, 15) is 0 Å². The molecule has 2 aliphatic heterocycles. The van der Waals surface area contributed by atoms with Crippen LogP contribution in [-0.4, -0.2) is 30.2 Å². The SMILES string of the molecule is N#CC1CNC2=CN=CCN21. The Kier molecular flexibility index (Phi) is 1.29. The van der Waals surface area contributed by atoms with Crippen LogP contribution in [0, 0.1) is 11.3 Å². The van der Waals surface area contributed by atoms with Gasteiger partial charge in [0.25, 0.3) is 0 Å². The Morgan fingerprint density at radius 1 is 1.82 bits per heavy atom. The number of nitrogens with zero attached hydrogens (tertiary/aromatic N) is 3. The third-order valence-electron chi connectivity index (χ3n) is 1.89. The summed E-state index contributed by atoms with van der Waals surface area (Å²) in [6.07, 6.45) is 3.56. The number of hydrogen-bond acceptors (Lipinski definition) is 4. The molecule has 1 N–H and O–H groups in total. The molecule has 0 saturated carbocycles. The fraction of sp³-hybridized carbons (Fsp3) is 0.429. The number of rotatable bonds is 0. The predicted molar refractivity (Wildman–Crippen MR) is 40.7 cm³/mol. The molecule has 0 amide bonds. The zero-order valence-corrected chi connectivity index (χ0v) is 5.99. The van der Waals surface area contributed by atoms with Crippen LogP contribution in [0.15, 0.2) is 17.0 Å². The van der Waals surface area contributed by atoms with Gasteiger partial charge in [-0.2, -0.15) is 5.26 Å². The van der Waals surface area contributed by atoms with Gasteiger partial charge in [-0.3, -0.25) is 4.99 Å². The first-order chi connectivity index (χ1) is 5.42. The van der Waals surface area contributed by atoms with Crippen LogP contribution in [0.1, 0.15) is 0 Å². The molecule has 1 unspecified atom stereocenters. The van der Waals surface area contributed by atoms with E-state index in [-0.39, 0.29) is 6.04 Å². The Balaban J connectivity index is 2.23. The lowest BCUT2D eigenvalue weighted by Gasteiger charge is -2.20. The zero-order chi connectivity index (χ0) is 7.68. The van der Waals surface area contributed by atoms with Crippen molar-refractivity contribution < 1.29 is 0 Å². The van der Waals surface area contributed by atoms with E-state index in [1.807, 2.05) is 4.90 Å². The highest BCUT2D eigenvalue weighted by molar-refractivity contribution is 5.62. The first-order valence-electron chi connectivity index (χ1n) is 3.54. The maximum Gasteiger partial charge on any atom is 0.135 e. The highest BCUT2D eigenvalue weighted by atomic mass is 15.3. The lowest BCUT2D eigenvalue weighted by Crippen LogP contribution is -2.31. The fourth-order valence-corrected chi connectivity index (χ4v) is 1.30. The van der Waals surface area contributed by atoms with Crippen LogP contribution in [0.25, 0.3) is 0 Å². The summed E-state index contributed by atoms with van der Waals surface area (Å²) in [7, 11) is 0. The smallest absolute Gasteiger partial charge is 0.135 e. The van der Waals surface area contributed by atoms with Gasteiger partial charge in [0.2, 0.25) is 0 Å². The third-order valence-corrected chi connectivity index (χ3v) is 1.89. The van der Waals surface area contributed by atoms with Crippen LogP contribution in [0.2, 0.25) is 0 Å². The van der Waals surface area contributed by atoms with E-state index in [0.29, 0.717) is 6.54 Å². The summed E-state index contributed by atoms with van der Waals surface area (Å²) in [4.78, 5) is 5.99. The molecule has 4 heteroatoms. The van der Waals surface area contributed by atoms with E-state index in [0.717, 1.165) is 12.4 Å². The first-order valence-corrected chi connectivity index (χ1v) is 3.54. The van der Waals surface area contributed by atoms with E-state index in [4.69, 9.17) is 5.26 Å². The van der Waals surface area contributed by atoms with E-state index in [1.54, 1.807) is 12.4 Å². The summed E-state index contributed by atoms with van der Waals surface area (Å²) >= 11 is 0. The summed E-state index contributed by atoms with van der Waals surface area (Å²) in [5.74, 6) is 0.971. The Labute approximate surface area is 64.8 Å². The Hall–Kier alpha value is -1.50. The van der Waals surface area contributed by atoms with Gasteiger partial charge < -0.3 is 10.2 Å². The van der Waals surface area contributed by atoms with Crippen LogP contribution in [0.5, 0.6) is 0 Å². The lowest BCUT2D eigenvalue weighted by atomic mass is 10.3. The number of fused-ring (bicyclic) bond motifs is 1. The van der Waals surface area contributed by atoms with Crippen molar-refractivity contribution in [2.75, 3.05) is 13.1 Å². The van der Waals surface area contributed by atoms with E-state index >= 15 is 0 Å². The third kappa shape index (κ3) is 0.855. The topological polar surface area (TPSA) is 51.4 Å². The van der Waals surface area contributed by atoms with Gasteiger partial charge in [-0.1, -0.05) is 0 Å². The van der Waals surface area contributed by atoms with Crippen LogP contribution < -0.4 is 5.32 Å². The summed E-state index contributed by atoms with van der Waals surface area (Å²) in [5, 5.41) is 11.8. The molecule has 4 nitrogen and oxygen atoms in total. The molecular formula is C7H8N4. The number of nitriles is 1. The molecule has 0 aromatic heterocycles. The number of nitrogens with one attached hydrogen (secondary N) is 1. The monoisotopic (exact) mass is 148 g/mol. The molecule has 2 heterocycles. The molecule has 0 aromatic carbocycles. The van der Waals surface area contributed by atoms with Crippen molar-refractivity contribution >= 4 is 6.21 Å². The minimum atomic E-state index is -0.0204. The van der Waals surface area contributed by atoms with Gasteiger partial charge in [0, 0.05) is 6.21 Å². The second kappa shape index (κ2) is 2.27. The second-order valence-corrected chi connectivity index (χ2v) is 2.52. The van der Waals surface area contributed by atoms with Crippen LogP contribution in [-0.2, 0) is 0 Å². The lowest BCUT2D eigenvalue weighted by molar-refractivity contribution is 0.393. The number of aliphatic imine (C=N–C) groups is 1. The zero-order valence-electron chi connectivity index (χ0n) is 5.99. The van der Waals surface area contributed by atoms with E-state index < -0.39 is 0 Å². The summed E-state index contributed by atoms with van der Waals surface area (Å²) < 4.78 is 0. The maximum atomic E-state index is 8.70. The Morgan fingerprint density at radius 2 is 2.73 bits per heavy atom. The molecule has 0 aromatic rings. The summed E-state index contributed by atoms with van der Waals surface area (Å²) in [6, 6.07) is 2.20. The molecule has 1 atom stereocenters. The average molecular weight is 148 g/mol. The van der Waals surface area contributed by atoms with E-state index in [2.05, 4.69) is 16.4 Å². The van der Waals surface area contributed by atoms with Crippen molar-refractivity contribution in [3.05, 3.63) is 12.0 Å². The standard InChI is InChI=1S/C7H8N4/c8-3-6-4-10-7-5-9-1-2-11(6)7/h1,5-6,10H,2,4H2. The van der Waals surface area contributed by atoms with Crippen LogP contribution in [0.3, 0.4) is 0 Å². The van der Waals surface area contributed by atoms with Gasteiger partial charge in [-0.15, -0.1) is 0 Å². The predicted octanol–water partition coefficient (Wildman–Crippen LogP) is -0.333. The van der Waals surface area contributed by atoms with Gasteiger partial charge >= 0.3 is 0 Å². The second-order valence-electron chi connectivity index (χ2n) is 2.52. The van der Waals surface area contributed by atoms with Crippen LogP contribution >= 0.6 is 0 Å². The van der Waals surface area contributed by atoms with Gasteiger partial charge in [-0.25, -0.2) is 0 Å². The molecule has 0 bridgehead atoms. The van der Waals surface area contributed by atoms with Crippen molar-refractivity contribution in [3.8, 4) is 6.07 Å². The highest BCUT2D eigenvalue weighted by Gasteiger charge is 2.27. The van der Waals surface area contributed by atoms with Gasteiger partial charge in [0.15, 0.2) is 0 Å². The highest BCUT2D eigenvalue weighted by Crippen LogP contribution is 2.14. The molecule has 56 valence electrons. The molecule has 0 radical (unpaired) electrons. The van der Waals surface area contributed by atoms with Crippen molar-refractivity contribution in [1.82, 2.24) is 10.2 Å². The Morgan fingerprint density at radius 3 is 3.55 bits per heavy atom. The fourth-order valence-electron chi connectivity index (χ4n) is 1.30. The quantitative estimate of drug-likeness (QED) is 0.511. The first kappa shape index (κ1) is 6.23. The number of hydrogen-bond donors (Lipinski definition) is 1. The molecule has 0 aliphatic carbocycles. The largest absolute Gasteiger partial charge is 0.367 e. The molecule has 1 fully saturated rings. The minimum absolute atomic E-state index is 0.0204. The molecule has 1 saturated heterocycles. The summed E-state index contributed by atoms with van der Waals surface area (Å²) in [6.45, 7) is 1.46. The van der Waals surface area contributed by atoms with Crippen molar-refractivity contribution in [1.29, 1.82) is 5.26 Å². The molecule has 2 aliphatic rings. The molecule has 11 heavy (non-hydrogen) atoms.